The highest BCUT2D eigenvalue weighted by Crippen LogP contribution is 2.31. The molecule has 0 radical (unpaired) electrons. The summed E-state index contributed by atoms with van der Waals surface area (Å²) in [7, 11) is -3.43. The third kappa shape index (κ3) is 3.87. The van der Waals surface area contributed by atoms with Crippen LogP contribution in [0.2, 0.25) is 0 Å². The number of thioether (sulfide) groups is 1. The molecule has 0 unspecified atom stereocenters. The lowest BCUT2D eigenvalue weighted by Crippen LogP contribution is -2.14. The molecule has 0 saturated heterocycles. The highest BCUT2D eigenvalue weighted by atomic mass is 32.2. The van der Waals surface area contributed by atoms with Gasteiger partial charge in [0.05, 0.1) is 15.9 Å². The maximum Gasteiger partial charge on any atom is 0.180 e. The monoisotopic (exact) mass is 317 g/mol. The Morgan fingerprint density at radius 3 is 2.33 bits per heavy atom. The van der Waals surface area contributed by atoms with E-state index < -0.39 is 9.84 Å². The average molecular weight is 317 g/mol. The Hall–Kier alpha value is -1.77. The van der Waals surface area contributed by atoms with E-state index in [1.165, 1.54) is 0 Å². The van der Waals surface area contributed by atoms with E-state index in [1.807, 2.05) is 41.8 Å². The second-order valence-corrected chi connectivity index (χ2v) is 7.65. The van der Waals surface area contributed by atoms with Gasteiger partial charge in [-0.15, -0.1) is 0 Å². The lowest BCUT2D eigenvalue weighted by molar-refractivity contribution is 0.594. The fourth-order valence-electron chi connectivity index (χ4n) is 2.12. The van der Waals surface area contributed by atoms with Gasteiger partial charge in [0.25, 0.3) is 0 Å². The van der Waals surface area contributed by atoms with Crippen LogP contribution in [0.1, 0.15) is 16.4 Å². The summed E-state index contributed by atoms with van der Waals surface area (Å²) in [4.78, 5) is 0.337. The van der Waals surface area contributed by atoms with Crippen molar-refractivity contribution >= 4 is 21.6 Å². The summed E-state index contributed by atoms with van der Waals surface area (Å²) in [6.07, 6.45) is 0. The molecular formula is C16H15NO2S2. The van der Waals surface area contributed by atoms with Crippen LogP contribution in [-0.4, -0.2) is 14.2 Å². The quantitative estimate of drug-likeness (QED) is 0.789. The van der Waals surface area contributed by atoms with Crippen LogP contribution in [0.25, 0.3) is 0 Å². The fraction of sp³-hybridized carbons (Fsp3) is 0.188. The predicted octanol–water partition coefficient (Wildman–Crippen LogP) is 3.72. The number of nitriles is 1. The molecular weight excluding hydrogens is 302 g/mol. The van der Waals surface area contributed by atoms with Crippen molar-refractivity contribution in [2.75, 3.05) is 5.75 Å². The molecule has 0 amide bonds. The van der Waals surface area contributed by atoms with Crippen LogP contribution in [0.4, 0.5) is 0 Å². The minimum Gasteiger partial charge on any atom is -0.224 e. The number of sulfone groups is 1. The molecule has 0 aliphatic rings. The van der Waals surface area contributed by atoms with E-state index in [-0.39, 0.29) is 11.0 Å². The largest absolute Gasteiger partial charge is 0.224 e. The van der Waals surface area contributed by atoms with Gasteiger partial charge in [-0.2, -0.15) is 5.26 Å². The molecule has 5 heteroatoms. The Bertz CT molecular complexity index is 749. The van der Waals surface area contributed by atoms with E-state index >= 15 is 0 Å². The highest BCUT2D eigenvalue weighted by Gasteiger charge is 2.24. The summed E-state index contributed by atoms with van der Waals surface area (Å²) in [5.74, 6) is -0.0832. The molecule has 21 heavy (non-hydrogen) atoms. The third-order valence-electron chi connectivity index (χ3n) is 3.17. The normalized spacial score (nSPS) is 12.6. The molecule has 2 aromatic carbocycles. The molecule has 0 aromatic heterocycles. The minimum absolute atomic E-state index is 0.0832. The van der Waals surface area contributed by atoms with Gasteiger partial charge in [0, 0.05) is 0 Å². The first-order valence-corrected chi connectivity index (χ1v) is 8.96. The number of rotatable bonds is 5. The van der Waals surface area contributed by atoms with Crippen LogP contribution in [-0.2, 0) is 9.84 Å². The number of hydrogen-bond acceptors (Lipinski definition) is 4. The number of nitrogens with zero attached hydrogens (tertiary/aromatic N) is 1. The topological polar surface area (TPSA) is 57.9 Å². The summed E-state index contributed by atoms with van der Waals surface area (Å²) in [5.41, 5.74) is 1.58. The lowest BCUT2D eigenvalue weighted by atomic mass is 10.2. The van der Waals surface area contributed by atoms with E-state index in [4.69, 9.17) is 5.26 Å². The van der Waals surface area contributed by atoms with E-state index in [0.29, 0.717) is 4.90 Å². The number of thiocyanates is 1. The van der Waals surface area contributed by atoms with E-state index in [0.717, 1.165) is 22.9 Å². The van der Waals surface area contributed by atoms with Crippen LogP contribution in [0.15, 0.2) is 59.5 Å². The number of aryl methyl sites for hydroxylation is 1. The molecule has 1 atom stereocenters. The molecule has 108 valence electrons. The summed E-state index contributed by atoms with van der Waals surface area (Å²) in [6.45, 7) is 1.78. The van der Waals surface area contributed by atoms with E-state index in [9.17, 15) is 8.42 Å². The van der Waals surface area contributed by atoms with Gasteiger partial charge in [-0.1, -0.05) is 48.5 Å². The van der Waals surface area contributed by atoms with Crippen LogP contribution in [0.5, 0.6) is 0 Å². The molecule has 0 aliphatic carbocycles. The van der Waals surface area contributed by atoms with Crippen LogP contribution in [0, 0.1) is 17.6 Å². The Kier molecular flexibility index (Phi) is 5.05. The fourth-order valence-corrected chi connectivity index (χ4v) is 4.97. The van der Waals surface area contributed by atoms with Gasteiger partial charge in [0.1, 0.15) is 5.40 Å². The number of hydrogen-bond donors (Lipinski definition) is 0. The predicted molar refractivity (Wildman–Crippen MR) is 85.6 cm³/mol. The zero-order valence-corrected chi connectivity index (χ0v) is 13.2. The van der Waals surface area contributed by atoms with Gasteiger partial charge in [-0.25, -0.2) is 8.42 Å². The first kappa shape index (κ1) is 15.6. The second kappa shape index (κ2) is 6.79. The van der Waals surface area contributed by atoms with Gasteiger partial charge >= 0.3 is 0 Å². The van der Waals surface area contributed by atoms with Gasteiger partial charge < -0.3 is 0 Å². The van der Waals surface area contributed by atoms with E-state index in [1.54, 1.807) is 25.1 Å². The standard InChI is InChI=1S/C16H15NO2S2/c1-13-7-5-6-10-16(13)21(18,19)11-15(20-12-17)14-8-3-2-4-9-14/h2-10,15H,11H2,1H3/t15-/m0/s1. The SMILES string of the molecule is Cc1ccccc1S(=O)(=O)C[C@H](SC#N)c1ccccc1. The zero-order valence-electron chi connectivity index (χ0n) is 11.6. The summed E-state index contributed by atoms with van der Waals surface area (Å²) >= 11 is 0.983. The van der Waals surface area contributed by atoms with Gasteiger partial charge in [-0.05, 0) is 35.9 Å². The first-order chi connectivity index (χ1) is 10.0. The van der Waals surface area contributed by atoms with Crippen LogP contribution in [0.3, 0.4) is 0 Å². The smallest absolute Gasteiger partial charge is 0.180 e. The summed E-state index contributed by atoms with van der Waals surface area (Å²) < 4.78 is 25.2. The maximum absolute atomic E-state index is 12.6. The molecule has 2 aromatic rings. The van der Waals surface area contributed by atoms with Crippen molar-refractivity contribution in [2.24, 2.45) is 0 Å². The molecule has 2 rings (SSSR count). The van der Waals surface area contributed by atoms with Crippen molar-refractivity contribution < 1.29 is 8.42 Å². The molecule has 0 heterocycles. The second-order valence-electron chi connectivity index (χ2n) is 4.66. The molecule has 0 fully saturated rings. The average Bonchev–Trinajstić information content (AvgIpc) is 2.48. The molecule has 3 nitrogen and oxygen atoms in total. The van der Waals surface area contributed by atoms with Crippen LogP contribution < -0.4 is 0 Å². The Balaban J connectivity index is 2.33. The molecule has 0 aliphatic heterocycles. The maximum atomic E-state index is 12.6. The molecule has 0 N–H and O–H groups in total. The van der Waals surface area contributed by atoms with Crippen molar-refractivity contribution in [3.8, 4) is 5.40 Å². The van der Waals surface area contributed by atoms with Crippen molar-refractivity contribution in [3.05, 3.63) is 65.7 Å². The van der Waals surface area contributed by atoms with Gasteiger partial charge in [0.15, 0.2) is 9.84 Å². The molecule has 0 bridgehead atoms. The van der Waals surface area contributed by atoms with E-state index in [2.05, 4.69) is 0 Å². The molecule has 0 saturated carbocycles. The van der Waals surface area contributed by atoms with Crippen molar-refractivity contribution in [1.29, 1.82) is 5.26 Å². The van der Waals surface area contributed by atoms with Gasteiger partial charge in [-0.3, -0.25) is 0 Å². The highest BCUT2D eigenvalue weighted by molar-refractivity contribution is 8.04. The van der Waals surface area contributed by atoms with Gasteiger partial charge in [0.2, 0.25) is 0 Å². The third-order valence-corrected chi connectivity index (χ3v) is 6.11. The minimum atomic E-state index is -3.43. The molecule has 0 spiro atoms. The summed E-state index contributed by atoms with van der Waals surface area (Å²) in [6, 6.07) is 16.2. The Morgan fingerprint density at radius 1 is 1.10 bits per heavy atom. The Labute approximate surface area is 129 Å². The van der Waals surface area contributed by atoms with Crippen molar-refractivity contribution in [3.63, 3.8) is 0 Å². The summed E-state index contributed by atoms with van der Waals surface area (Å²) in [5, 5.41) is 10.6. The Morgan fingerprint density at radius 2 is 1.71 bits per heavy atom. The zero-order chi connectivity index (χ0) is 15.3. The van der Waals surface area contributed by atoms with Crippen LogP contribution >= 0.6 is 11.8 Å². The number of benzene rings is 2. The lowest BCUT2D eigenvalue weighted by Gasteiger charge is -2.14. The van der Waals surface area contributed by atoms with Crippen molar-refractivity contribution in [2.45, 2.75) is 17.1 Å². The first-order valence-electron chi connectivity index (χ1n) is 6.42. The van der Waals surface area contributed by atoms with Crippen molar-refractivity contribution in [1.82, 2.24) is 0 Å².